The Hall–Kier alpha value is -0.830. The average molecular weight is 169 g/mol. The number of amides is 1. The third-order valence-electron chi connectivity index (χ3n) is 2.54. The lowest BCUT2D eigenvalue weighted by Gasteiger charge is -2.32. The second kappa shape index (κ2) is 3.27. The van der Waals surface area contributed by atoms with E-state index in [1.54, 1.807) is 0 Å². The second-order valence-corrected chi connectivity index (χ2v) is 3.44. The summed E-state index contributed by atoms with van der Waals surface area (Å²) in [6.45, 7) is 3.53. The van der Waals surface area contributed by atoms with Crippen molar-refractivity contribution in [2.45, 2.75) is 37.7 Å². The van der Waals surface area contributed by atoms with Gasteiger partial charge in [0.25, 0.3) is 0 Å². The third kappa shape index (κ3) is 1.67. The molecule has 12 heavy (non-hydrogen) atoms. The van der Waals surface area contributed by atoms with E-state index < -0.39 is 11.5 Å². The number of carbonyl (C=O) groups excluding carboxylic acids is 1. The molecule has 0 bridgehead atoms. The molecule has 0 heterocycles. The van der Waals surface area contributed by atoms with Gasteiger partial charge in [-0.1, -0.05) is 25.8 Å². The zero-order valence-corrected chi connectivity index (χ0v) is 7.18. The summed E-state index contributed by atoms with van der Waals surface area (Å²) in [5.41, 5.74) is 4.21. The Bertz CT molecular complexity index is 205. The minimum absolute atomic E-state index is 0.169. The quantitative estimate of drug-likeness (QED) is 0.598. The van der Waals surface area contributed by atoms with Crippen LogP contribution in [-0.4, -0.2) is 16.6 Å². The topological polar surface area (TPSA) is 63.3 Å². The molecule has 0 saturated heterocycles. The van der Waals surface area contributed by atoms with E-state index in [-0.39, 0.29) is 5.57 Å². The molecule has 3 N–H and O–H groups in total. The fourth-order valence-electron chi connectivity index (χ4n) is 1.67. The number of hydrogen-bond donors (Lipinski definition) is 2. The van der Waals surface area contributed by atoms with E-state index in [0.717, 1.165) is 19.3 Å². The van der Waals surface area contributed by atoms with Crippen LogP contribution in [0.25, 0.3) is 0 Å². The molecule has 0 aromatic heterocycles. The lowest BCUT2D eigenvalue weighted by Crippen LogP contribution is -2.38. The summed E-state index contributed by atoms with van der Waals surface area (Å²) >= 11 is 0. The number of primary amides is 1. The normalized spacial score (nSPS) is 21.8. The molecule has 0 unspecified atom stereocenters. The van der Waals surface area contributed by atoms with Gasteiger partial charge in [0.1, 0.15) is 0 Å². The standard InChI is InChI=1S/C9H15NO2/c1-7(8(10)11)9(12)5-3-2-4-6-9/h12H,1-6H2,(H2,10,11). The molecule has 1 fully saturated rings. The zero-order chi connectivity index (χ0) is 9.19. The van der Waals surface area contributed by atoms with Gasteiger partial charge in [0.05, 0.1) is 5.60 Å². The highest BCUT2D eigenvalue weighted by atomic mass is 16.3. The van der Waals surface area contributed by atoms with Crippen LogP contribution in [-0.2, 0) is 4.79 Å². The molecule has 0 radical (unpaired) electrons. The molecule has 68 valence electrons. The Morgan fingerprint density at radius 2 is 1.83 bits per heavy atom. The molecule has 0 aromatic carbocycles. The number of aliphatic hydroxyl groups is 1. The summed E-state index contributed by atoms with van der Waals surface area (Å²) in [4.78, 5) is 10.8. The Morgan fingerprint density at radius 1 is 1.33 bits per heavy atom. The van der Waals surface area contributed by atoms with Gasteiger partial charge in [-0.15, -0.1) is 0 Å². The van der Waals surface area contributed by atoms with Crippen molar-refractivity contribution in [2.24, 2.45) is 5.73 Å². The number of nitrogens with two attached hydrogens (primary N) is 1. The first kappa shape index (κ1) is 9.26. The molecule has 3 nitrogen and oxygen atoms in total. The largest absolute Gasteiger partial charge is 0.385 e. The van der Waals surface area contributed by atoms with Crippen molar-refractivity contribution < 1.29 is 9.90 Å². The highest BCUT2D eigenvalue weighted by molar-refractivity contribution is 5.93. The van der Waals surface area contributed by atoms with Crippen molar-refractivity contribution in [3.8, 4) is 0 Å². The SMILES string of the molecule is C=C(C(N)=O)C1(O)CCCCC1. The molecule has 0 atom stereocenters. The Morgan fingerprint density at radius 3 is 2.25 bits per heavy atom. The predicted molar refractivity (Wildman–Crippen MR) is 46.4 cm³/mol. The summed E-state index contributed by atoms with van der Waals surface area (Å²) in [6.07, 6.45) is 4.25. The molecule has 0 aromatic rings. The van der Waals surface area contributed by atoms with Crippen molar-refractivity contribution in [1.82, 2.24) is 0 Å². The second-order valence-electron chi connectivity index (χ2n) is 3.44. The van der Waals surface area contributed by atoms with Gasteiger partial charge in [-0.2, -0.15) is 0 Å². The van der Waals surface area contributed by atoms with Gasteiger partial charge in [0, 0.05) is 5.57 Å². The lowest BCUT2D eigenvalue weighted by molar-refractivity contribution is -0.117. The van der Waals surface area contributed by atoms with Crippen molar-refractivity contribution in [1.29, 1.82) is 0 Å². The molecule has 1 aliphatic carbocycles. The smallest absolute Gasteiger partial charge is 0.246 e. The van der Waals surface area contributed by atoms with Gasteiger partial charge in [-0.3, -0.25) is 4.79 Å². The van der Waals surface area contributed by atoms with E-state index in [1.807, 2.05) is 0 Å². The first-order chi connectivity index (χ1) is 5.56. The van der Waals surface area contributed by atoms with Crippen LogP contribution in [0.1, 0.15) is 32.1 Å². The molecule has 0 aliphatic heterocycles. The number of carbonyl (C=O) groups is 1. The average Bonchev–Trinajstić information content (AvgIpc) is 2.04. The van der Waals surface area contributed by atoms with Crippen LogP contribution in [0.5, 0.6) is 0 Å². The fraction of sp³-hybridized carbons (Fsp3) is 0.667. The summed E-state index contributed by atoms with van der Waals surface area (Å²) in [5, 5.41) is 9.91. The Labute approximate surface area is 72.3 Å². The maximum Gasteiger partial charge on any atom is 0.246 e. The summed E-state index contributed by atoms with van der Waals surface area (Å²) in [5.74, 6) is -0.584. The maximum atomic E-state index is 10.8. The van der Waals surface area contributed by atoms with Crippen molar-refractivity contribution in [2.75, 3.05) is 0 Å². The number of hydrogen-bond acceptors (Lipinski definition) is 2. The summed E-state index contributed by atoms with van der Waals surface area (Å²) < 4.78 is 0. The van der Waals surface area contributed by atoms with Gasteiger partial charge in [-0.05, 0) is 12.8 Å². The lowest BCUT2D eigenvalue weighted by atomic mass is 9.80. The van der Waals surface area contributed by atoms with Crippen molar-refractivity contribution >= 4 is 5.91 Å². The third-order valence-corrected chi connectivity index (χ3v) is 2.54. The van der Waals surface area contributed by atoms with Crippen LogP contribution in [0, 0.1) is 0 Å². The van der Waals surface area contributed by atoms with Gasteiger partial charge in [0.2, 0.25) is 5.91 Å². The Balaban J connectivity index is 2.69. The van der Waals surface area contributed by atoms with E-state index in [2.05, 4.69) is 6.58 Å². The first-order valence-corrected chi connectivity index (χ1v) is 4.28. The molecular weight excluding hydrogens is 154 g/mol. The highest BCUT2D eigenvalue weighted by Gasteiger charge is 2.34. The van der Waals surface area contributed by atoms with E-state index in [1.165, 1.54) is 0 Å². The first-order valence-electron chi connectivity index (χ1n) is 4.28. The van der Waals surface area contributed by atoms with E-state index in [0.29, 0.717) is 12.8 Å². The molecule has 1 saturated carbocycles. The molecule has 1 aliphatic rings. The van der Waals surface area contributed by atoms with Crippen LogP contribution in [0.3, 0.4) is 0 Å². The summed E-state index contributed by atoms with van der Waals surface area (Å²) in [7, 11) is 0. The fourth-order valence-corrected chi connectivity index (χ4v) is 1.67. The van der Waals surface area contributed by atoms with E-state index in [9.17, 15) is 9.90 Å². The minimum Gasteiger partial charge on any atom is -0.385 e. The van der Waals surface area contributed by atoms with Crippen LogP contribution < -0.4 is 5.73 Å². The van der Waals surface area contributed by atoms with Crippen LogP contribution >= 0.6 is 0 Å². The van der Waals surface area contributed by atoms with Gasteiger partial charge >= 0.3 is 0 Å². The van der Waals surface area contributed by atoms with Gasteiger partial charge in [0.15, 0.2) is 0 Å². The summed E-state index contributed by atoms with van der Waals surface area (Å²) in [6, 6.07) is 0. The van der Waals surface area contributed by atoms with E-state index >= 15 is 0 Å². The highest BCUT2D eigenvalue weighted by Crippen LogP contribution is 2.32. The van der Waals surface area contributed by atoms with E-state index in [4.69, 9.17) is 5.73 Å². The minimum atomic E-state index is -1.01. The van der Waals surface area contributed by atoms with Crippen molar-refractivity contribution in [3.63, 3.8) is 0 Å². The monoisotopic (exact) mass is 169 g/mol. The molecule has 0 spiro atoms. The van der Waals surface area contributed by atoms with Crippen molar-refractivity contribution in [3.05, 3.63) is 12.2 Å². The molecule has 1 rings (SSSR count). The van der Waals surface area contributed by atoms with Crippen LogP contribution in [0.15, 0.2) is 12.2 Å². The predicted octanol–water partition coefficient (Wildman–Crippen LogP) is 0.723. The zero-order valence-electron chi connectivity index (χ0n) is 7.18. The number of rotatable bonds is 2. The molecular formula is C9H15NO2. The molecule has 3 heteroatoms. The Kier molecular flexibility index (Phi) is 2.52. The molecule has 1 amide bonds. The van der Waals surface area contributed by atoms with Crippen LogP contribution in [0.4, 0.5) is 0 Å². The maximum absolute atomic E-state index is 10.8. The van der Waals surface area contributed by atoms with Gasteiger partial charge in [-0.25, -0.2) is 0 Å². The van der Waals surface area contributed by atoms with Gasteiger partial charge < -0.3 is 10.8 Å². The van der Waals surface area contributed by atoms with Crippen LogP contribution in [0.2, 0.25) is 0 Å².